The Morgan fingerprint density at radius 1 is 1.24 bits per heavy atom. The molecule has 1 heterocycles. The lowest BCUT2D eigenvalue weighted by Gasteiger charge is -2.07. The van der Waals surface area contributed by atoms with Gasteiger partial charge < -0.3 is 14.5 Å². The number of rotatable bonds is 7. The van der Waals surface area contributed by atoms with E-state index >= 15 is 0 Å². The Hall–Kier alpha value is -2.90. The molecule has 0 fully saturated rings. The molecule has 0 atom stereocenters. The molecule has 0 aliphatic carbocycles. The third-order valence-corrected chi connectivity index (χ3v) is 3.65. The number of hydrogen-bond donors (Lipinski definition) is 3. The van der Waals surface area contributed by atoms with Gasteiger partial charge in [0.1, 0.15) is 18.2 Å². The number of aromatic nitrogens is 2. The van der Waals surface area contributed by atoms with Gasteiger partial charge in [-0.15, -0.1) is 0 Å². The van der Waals surface area contributed by atoms with Gasteiger partial charge in [0.05, 0.1) is 17.6 Å². The number of imidazole rings is 1. The standard InChI is InChI=1S/C18H19N3O4/c1-2-24-8-9-25-14-5-3-4-12(10-14)17-19-15-7-6-13(18(22)21-23)11-16(15)20-17/h3-7,10-11,23H,2,8-9H2,1H3,(H,19,20)(H,21,22). The molecule has 0 unspecified atom stereocenters. The Labute approximate surface area is 144 Å². The highest BCUT2D eigenvalue weighted by atomic mass is 16.5. The molecule has 130 valence electrons. The lowest BCUT2D eigenvalue weighted by atomic mass is 10.2. The number of amides is 1. The van der Waals surface area contributed by atoms with Crippen molar-refractivity contribution in [1.82, 2.24) is 15.4 Å². The highest BCUT2D eigenvalue weighted by Gasteiger charge is 2.10. The molecule has 7 nitrogen and oxygen atoms in total. The van der Waals surface area contributed by atoms with Crippen molar-refractivity contribution in [3.05, 3.63) is 48.0 Å². The molecule has 0 saturated carbocycles. The normalized spacial score (nSPS) is 10.8. The molecule has 0 radical (unpaired) electrons. The minimum Gasteiger partial charge on any atom is -0.491 e. The highest BCUT2D eigenvalue weighted by Crippen LogP contribution is 2.24. The van der Waals surface area contributed by atoms with Crippen LogP contribution in [0.15, 0.2) is 42.5 Å². The summed E-state index contributed by atoms with van der Waals surface area (Å²) in [4.78, 5) is 19.2. The predicted octanol–water partition coefficient (Wildman–Crippen LogP) is 2.76. The van der Waals surface area contributed by atoms with E-state index in [0.29, 0.717) is 36.7 Å². The van der Waals surface area contributed by atoms with Crippen molar-refractivity contribution in [2.45, 2.75) is 6.92 Å². The summed E-state index contributed by atoms with van der Waals surface area (Å²) in [5.74, 6) is 0.840. The minimum atomic E-state index is -0.567. The van der Waals surface area contributed by atoms with Crippen molar-refractivity contribution in [2.75, 3.05) is 19.8 Å². The fraction of sp³-hybridized carbons (Fsp3) is 0.222. The molecule has 3 aromatic rings. The highest BCUT2D eigenvalue weighted by molar-refractivity contribution is 5.97. The van der Waals surface area contributed by atoms with Crippen LogP contribution >= 0.6 is 0 Å². The Balaban J connectivity index is 1.82. The number of aromatic amines is 1. The third-order valence-electron chi connectivity index (χ3n) is 3.65. The van der Waals surface area contributed by atoms with Gasteiger partial charge in [0.15, 0.2) is 0 Å². The van der Waals surface area contributed by atoms with Crippen molar-refractivity contribution < 1.29 is 19.5 Å². The number of H-pyrrole nitrogens is 1. The molecule has 1 aromatic heterocycles. The van der Waals surface area contributed by atoms with Crippen molar-refractivity contribution >= 4 is 16.9 Å². The molecule has 0 aliphatic heterocycles. The van der Waals surface area contributed by atoms with Crippen molar-refractivity contribution in [2.24, 2.45) is 0 Å². The summed E-state index contributed by atoms with van der Waals surface area (Å²) in [6, 6.07) is 12.6. The van der Waals surface area contributed by atoms with Gasteiger partial charge in [0.25, 0.3) is 5.91 Å². The van der Waals surface area contributed by atoms with Crippen LogP contribution in [-0.4, -0.2) is 40.9 Å². The molecule has 0 bridgehead atoms. The summed E-state index contributed by atoms with van der Waals surface area (Å²) in [5.41, 5.74) is 4.28. The monoisotopic (exact) mass is 341 g/mol. The molecule has 3 rings (SSSR count). The number of carbonyl (C=O) groups is 1. The van der Waals surface area contributed by atoms with Crippen LogP contribution in [0.4, 0.5) is 0 Å². The zero-order valence-electron chi connectivity index (χ0n) is 13.8. The molecule has 25 heavy (non-hydrogen) atoms. The molecule has 0 spiro atoms. The number of nitrogens with zero attached hydrogens (tertiary/aromatic N) is 1. The van der Waals surface area contributed by atoms with E-state index in [4.69, 9.17) is 14.7 Å². The van der Waals surface area contributed by atoms with Crippen LogP contribution < -0.4 is 10.2 Å². The number of benzene rings is 2. The summed E-state index contributed by atoms with van der Waals surface area (Å²) in [6.45, 7) is 3.63. The van der Waals surface area contributed by atoms with E-state index in [1.807, 2.05) is 31.2 Å². The zero-order valence-corrected chi connectivity index (χ0v) is 13.8. The lowest BCUT2D eigenvalue weighted by molar-refractivity contribution is 0.0706. The Bertz CT molecular complexity index is 876. The maximum Gasteiger partial charge on any atom is 0.274 e. The largest absolute Gasteiger partial charge is 0.491 e. The molecule has 0 saturated heterocycles. The minimum absolute atomic E-state index is 0.346. The molecule has 0 aliphatic rings. The van der Waals surface area contributed by atoms with E-state index in [0.717, 1.165) is 16.8 Å². The second kappa shape index (κ2) is 7.78. The first-order chi connectivity index (χ1) is 12.2. The first-order valence-corrected chi connectivity index (χ1v) is 7.96. The molecular formula is C18H19N3O4. The SMILES string of the molecule is CCOCCOc1cccc(-c2nc3ccc(C(=O)NO)cc3[nH]2)c1. The lowest BCUT2D eigenvalue weighted by Crippen LogP contribution is -2.18. The quantitative estimate of drug-likeness (QED) is 0.349. The smallest absolute Gasteiger partial charge is 0.274 e. The first-order valence-electron chi connectivity index (χ1n) is 7.96. The number of nitrogens with one attached hydrogen (secondary N) is 2. The topological polar surface area (TPSA) is 96.5 Å². The third kappa shape index (κ3) is 3.96. The van der Waals surface area contributed by atoms with E-state index in [-0.39, 0.29) is 0 Å². The van der Waals surface area contributed by atoms with E-state index in [1.165, 1.54) is 0 Å². The van der Waals surface area contributed by atoms with Gasteiger partial charge in [-0.3, -0.25) is 10.0 Å². The average Bonchev–Trinajstić information content (AvgIpc) is 3.08. The van der Waals surface area contributed by atoms with Gasteiger partial charge in [-0.1, -0.05) is 12.1 Å². The van der Waals surface area contributed by atoms with E-state index in [1.54, 1.807) is 23.7 Å². The van der Waals surface area contributed by atoms with Gasteiger partial charge in [-0.25, -0.2) is 10.5 Å². The van der Waals surface area contributed by atoms with Crippen LogP contribution in [0.3, 0.4) is 0 Å². The van der Waals surface area contributed by atoms with Crippen molar-refractivity contribution in [3.63, 3.8) is 0 Å². The van der Waals surface area contributed by atoms with Crippen LogP contribution in [0, 0.1) is 0 Å². The van der Waals surface area contributed by atoms with Crippen molar-refractivity contribution in [1.29, 1.82) is 0 Å². The maximum absolute atomic E-state index is 11.5. The summed E-state index contributed by atoms with van der Waals surface area (Å²) in [6.07, 6.45) is 0. The molecular weight excluding hydrogens is 322 g/mol. The summed E-state index contributed by atoms with van der Waals surface area (Å²) in [5, 5.41) is 8.73. The summed E-state index contributed by atoms with van der Waals surface area (Å²) in [7, 11) is 0. The average molecular weight is 341 g/mol. The fourth-order valence-electron chi connectivity index (χ4n) is 2.45. The number of hydroxylamine groups is 1. The van der Waals surface area contributed by atoms with E-state index < -0.39 is 5.91 Å². The molecule has 2 aromatic carbocycles. The second-order valence-corrected chi connectivity index (χ2v) is 5.33. The van der Waals surface area contributed by atoms with Crippen LogP contribution in [-0.2, 0) is 4.74 Å². The summed E-state index contributed by atoms with van der Waals surface area (Å²) < 4.78 is 10.9. The van der Waals surface area contributed by atoms with Crippen LogP contribution in [0.1, 0.15) is 17.3 Å². The van der Waals surface area contributed by atoms with Gasteiger partial charge >= 0.3 is 0 Å². The molecule has 1 amide bonds. The number of ether oxygens (including phenoxy) is 2. The van der Waals surface area contributed by atoms with E-state index in [9.17, 15) is 4.79 Å². The second-order valence-electron chi connectivity index (χ2n) is 5.33. The number of fused-ring (bicyclic) bond motifs is 1. The molecule has 3 N–H and O–H groups in total. The first kappa shape index (κ1) is 16.9. The Morgan fingerprint density at radius 2 is 2.12 bits per heavy atom. The van der Waals surface area contributed by atoms with Gasteiger partial charge in [-0.2, -0.15) is 0 Å². The predicted molar refractivity (Wildman–Crippen MR) is 92.8 cm³/mol. The fourth-order valence-corrected chi connectivity index (χ4v) is 2.45. The van der Waals surface area contributed by atoms with Crippen LogP contribution in [0.2, 0.25) is 0 Å². The van der Waals surface area contributed by atoms with E-state index in [2.05, 4.69) is 9.97 Å². The maximum atomic E-state index is 11.5. The van der Waals surface area contributed by atoms with Crippen LogP contribution in [0.5, 0.6) is 5.75 Å². The van der Waals surface area contributed by atoms with Gasteiger partial charge in [-0.05, 0) is 37.3 Å². The Morgan fingerprint density at radius 3 is 2.92 bits per heavy atom. The van der Waals surface area contributed by atoms with Gasteiger partial charge in [0.2, 0.25) is 0 Å². The molecule has 7 heteroatoms. The van der Waals surface area contributed by atoms with Crippen LogP contribution in [0.25, 0.3) is 22.4 Å². The number of hydrogen-bond acceptors (Lipinski definition) is 5. The summed E-state index contributed by atoms with van der Waals surface area (Å²) >= 11 is 0. The zero-order chi connectivity index (χ0) is 17.6. The van der Waals surface area contributed by atoms with Crippen molar-refractivity contribution in [3.8, 4) is 17.1 Å². The van der Waals surface area contributed by atoms with Gasteiger partial charge in [0, 0.05) is 17.7 Å². The number of carbonyl (C=O) groups excluding carboxylic acids is 1. The Kier molecular flexibility index (Phi) is 5.27.